The molecule has 17 heavy (non-hydrogen) atoms. The maximum Gasteiger partial charge on any atom is 0.265 e. The SMILES string of the molecule is Cc1ccc(NC(=O)c2ccc(Cl)s2)cc1F. The fourth-order valence-corrected chi connectivity index (χ4v) is 2.24. The quantitative estimate of drug-likeness (QED) is 0.874. The minimum atomic E-state index is -0.341. The maximum absolute atomic E-state index is 13.3. The second-order valence-corrected chi connectivity index (χ2v) is 5.24. The molecule has 5 heteroatoms. The molecule has 2 nitrogen and oxygen atoms in total. The summed E-state index contributed by atoms with van der Waals surface area (Å²) in [5.74, 6) is -0.628. The molecular formula is C12H9ClFNOS. The molecule has 0 aliphatic rings. The van der Waals surface area contributed by atoms with Gasteiger partial charge in [0.15, 0.2) is 0 Å². The molecule has 88 valence electrons. The Balaban J connectivity index is 2.15. The molecule has 0 aliphatic carbocycles. The van der Waals surface area contributed by atoms with Crippen molar-refractivity contribution >= 4 is 34.5 Å². The zero-order valence-corrected chi connectivity index (χ0v) is 10.5. The Hall–Kier alpha value is -1.39. The highest BCUT2D eigenvalue weighted by Gasteiger charge is 2.09. The van der Waals surface area contributed by atoms with Gasteiger partial charge in [0.05, 0.1) is 9.21 Å². The van der Waals surface area contributed by atoms with Crippen LogP contribution < -0.4 is 5.32 Å². The van der Waals surface area contributed by atoms with Gasteiger partial charge in [0, 0.05) is 5.69 Å². The summed E-state index contributed by atoms with van der Waals surface area (Å²) in [4.78, 5) is 12.2. The molecule has 0 unspecified atom stereocenters. The van der Waals surface area contributed by atoms with Crippen molar-refractivity contribution in [3.8, 4) is 0 Å². The van der Waals surface area contributed by atoms with E-state index < -0.39 is 0 Å². The van der Waals surface area contributed by atoms with Gasteiger partial charge in [-0.3, -0.25) is 4.79 Å². The lowest BCUT2D eigenvalue weighted by Gasteiger charge is -2.04. The first kappa shape index (κ1) is 12.1. The molecule has 1 aromatic carbocycles. The highest BCUT2D eigenvalue weighted by atomic mass is 35.5. The summed E-state index contributed by atoms with van der Waals surface area (Å²) in [5.41, 5.74) is 0.977. The summed E-state index contributed by atoms with van der Waals surface area (Å²) < 4.78 is 13.8. The molecular weight excluding hydrogens is 261 g/mol. The van der Waals surface area contributed by atoms with Gasteiger partial charge in [-0.15, -0.1) is 11.3 Å². The molecule has 0 radical (unpaired) electrons. The summed E-state index contributed by atoms with van der Waals surface area (Å²) in [6.07, 6.45) is 0. The molecule has 1 N–H and O–H groups in total. The number of rotatable bonds is 2. The Morgan fingerprint density at radius 1 is 1.35 bits per heavy atom. The average Bonchev–Trinajstić information content (AvgIpc) is 2.70. The van der Waals surface area contributed by atoms with Crippen molar-refractivity contribution in [2.45, 2.75) is 6.92 Å². The van der Waals surface area contributed by atoms with Crippen LogP contribution in [0.1, 0.15) is 15.2 Å². The molecule has 2 aromatic rings. The van der Waals surface area contributed by atoms with E-state index in [1.165, 1.54) is 17.4 Å². The van der Waals surface area contributed by atoms with E-state index in [-0.39, 0.29) is 11.7 Å². The zero-order valence-electron chi connectivity index (χ0n) is 8.96. The van der Waals surface area contributed by atoms with Crippen LogP contribution in [0.2, 0.25) is 4.34 Å². The number of hydrogen-bond donors (Lipinski definition) is 1. The van der Waals surface area contributed by atoms with Gasteiger partial charge in [0.1, 0.15) is 5.82 Å². The second-order valence-electron chi connectivity index (χ2n) is 3.52. The van der Waals surface area contributed by atoms with E-state index >= 15 is 0 Å². The standard InChI is InChI=1S/C12H9ClFNOS/c1-7-2-3-8(6-9(7)14)15-12(16)10-4-5-11(13)17-10/h2-6H,1H3,(H,15,16). The smallest absolute Gasteiger partial charge is 0.265 e. The predicted molar refractivity (Wildman–Crippen MR) is 68.4 cm³/mol. The number of halogens is 2. The Bertz CT molecular complexity index is 567. The highest BCUT2D eigenvalue weighted by molar-refractivity contribution is 7.18. The van der Waals surface area contributed by atoms with Crippen molar-refractivity contribution in [1.29, 1.82) is 0 Å². The number of hydrogen-bond acceptors (Lipinski definition) is 2. The van der Waals surface area contributed by atoms with Crippen molar-refractivity contribution < 1.29 is 9.18 Å². The largest absolute Gasteiger partial charge is 0.321 e. The van der Waals surface area contributed by atoms with E-state index in [1.807, 2.05) is 0 Å². The van der Waals surface area contributed by atoms with Crippen molar-refractivity contribution in [1.82, 2.24) is 0 Å². The number of carbonyl (C=O) groups is 1. The van der Waals surface area contributed by atoms with Gasteiger partial charge in [-0.1, -0.05) is 17.7 Å². The van der Waals surface area contributed by atoms with E-state index in [2.05, 4.69) is 5.32 Å². The molecule has 0 aliphatic heterocycles. The van der Waals surface area contributed by atoms with Crippen LogP contribution >= 0.6 is 22.9 Å². The Morgan fingerprint density at radius 3 is 2.71 bits per heavy atom. The van der Waals surface area contributed by atoms with E-state index in [0.717, 1.165) is 0 Å². The average molecular weight is 270 g/mol. The van der Waals surface area contributed by atoms with Gasteiger partial charge in [-0.25, -0.2) is 4.39 Å². The zero-order chi connectivity index (χ0) is 12.4. The van der Waals surface area contributed by atoms with Crippen LogP contribution in [0, 0.1) is 12.7 Å². The van der Waals surface area contributed by atoms with Gasteiger partial charge in [-0.05, 0) is 36.8 Å². The van der Waals surface area contributed by atoms with Crippen LogP contribution in [0.5, 0.6) is 0 Å². The fourth-order valence-electron chi connectivity index (χ4n) is 1.30. The van der Waals surface area contributed by atoms with Crippen molar-refractivity contribution in [2.75, 3.05) is 5.32 Å². The minimum absolute atomic E-state index is 0.287. The van der Waals surface area contributed by atoms with Crippen LogP contribution in [-0.2, 0) is 0 Å². The molecule has 0 saturated carbocycles. The van der Waals surface area contributed by atoms with Gasteiger partial charge < -0.3 is 5.32 Å². The number of anilines is 1. The van der Waals surface area contributed by atoms with E-state index in [1.54, 1.807) is 31.2 Å². The maximum atomic E-state index is 13.3. The molecule has 0 atom stereocenters. The molecule has 1 aromatic heterocycles. The Labute approximate surface area is 107 Å². The molecule has 2 rings (SSSR count). The van der Waals surface area contributed by atoms with Crippen LogP contribution in [-0.4, -0.2) is 5.91 Å². The first-order valence-electron chi connectivity index (χ1n) is 4.89. The van der Waals surface area contributed by atoms with Crippen molar-refractivity contribution in [3.05, 3.63) is 50.9 Å². The monoisotopic (exact) mass is 269 g/mol. The van der Waals surface area contributed by atoms with Gasteiger partial charge in [0.2, 0.25) is 0 Å². The van der Waals surface area contributed by atoms with Gasteiger partial charge in [-0.2, -0.15) is 0 Å². The van der Waals surface area contributed by atoms with E-state index in [4.69, 9.17) is 11.6 Å². The summed E-state index contributed by atoms with van der Waals surface area (Å²) in [7, 11) is 0. The molecule has 1 amide bonds. The minimum Gasteiger partial charge on any atom is -0.321 e. The first-order valence-corrected chi connectivity index (χ1v) is 6.08. The van der Waals surface area contributed by atoms with Crippen LogP contribution in [0.15, 0.2) is 30.3 Å². The second kappa shape index (κ2) is 4.85. The lowest BCUT2D eigenvalue weighted by molar-refractivity contribution is 0.103. The third-order valence-electron chi connectivity index (χ3n) is 2.23. The molecule has 0 fully saturated rings. The Kier molecular flexibility index (Phi) is 3.45. The van der Waals surface area contributed by atoms with Crippen molar-refractivity contribution in [3.63, 3.8) is 0 Å². The highest BCUT2D eigenvalue weighted by Crippen LogP contribution is 2.22. The number of aryl methyl sites for hydroxylation is 1. The topological polar surface area (TPSA) is 29.1 Å². The van der Waals surface area contributed by atoms with Crippen LogP contribution in [0.25, 0.3) is 0 Å². The lowest BCUT2D eigenvalue weighted by atomic mass is 10.2. The summed E-state index contributed by atoms with van der Waals surface area (Å²) in [5, 5.41) is 2.61. The third kappa shape index (κ3) is 2.84. The molecule has 0 saturated heterocycles. The normalized spacial score (nSPS) is 10.3. The number of thiophene rings is 1. The number of nitrogens with one attached hydrogen (secondary N) is 1. The molecule has 1 heterocycles. The fraction of sp³-hybridized carbons (Fsp3) is 0.0833. The Morgan fingerprint density at radius 2 is 2.12 bits per heavy atom. The lowest BCUT2D eigenvalue weighted by Crippen LogP contribution is -2.10. The van der Waals surface area contributed by atoms with E-state index in [9.17, 15) is 9.18 Å². The predicted octanol–water partition coefficient (Wildman–Crippen LogP) is 4.10. The number of amides is 1. The van der Waals surface area contributed by atoms with Crippen LogP contribution in [0.4, 0.5) is 10.1 Å². The summed E-state index contributed by atoms with van der Waals surface area (Å²) >= 11 is 6.91. The van der Waals surface area contributed by atoms with Gasteiger partial charge >= 0.3 is 0 Å². The van der Waals surface area contributed by atoms with Crippen molar-refractivity contribution in [2.24, 2.45) is 0 Å². The summed E-state index contributed by atoms with van der Waals surface area (Å²) in [6, 6.07) is 7.85. The molecule has 0 bridgehead atoms. The van der Waals surface area contributed by atoms with Gasteiger partial charge in [0.25, 0.3) is 5.91 Å². The van der Waals surface area contributed by atoms with E-state index in [0.29, 0.717) is 20.5 Å². The number of benzene rings is 1. The number of carbonyl (C=O) groups excluding carboxylic acids is 1. The summed E-state index contributed by atoms with van der Waals surface area (Å²) in [6.45, 7) is 1.67. The third-order valence-corrected chi connectivity index (χ3v) is 3.46. The van der Waals surface area contributed by atoms with Crippen LogP contribution in [0.3, 0.4) is 0 Å². The molecule has 0 spiro atoms. The first-order chi connectivity index (χ1) is 8.06.